The van der Waals surface area contributed by atoms with Crippen LogP contribution in [0, 0.1) is 0 Å². The molecule has 3 heterocycles. The highest BCUT2D eigenvalue weighted by Gasteiger charge is 2.40. The zero-order chi connectivity index (χ0) is 19.2. The van der Waals surface area contributed by atoms with Crippen molar-refractivity contribution in [2.24, 2.45) is 5.10 Å². The van der Waals surface area contributed by atoms with Gasteiger partial charge in [0.2, 0.25) is 6.23 Å². The zero-order valence-electron chi connectivity index (χ0n) is 15.8. The zero-order valence-corrected chi connectivity index (χ0v) is 15.8. The van der Waals surface area contributed by atoms with Gasteiger partial charge < -0.3 is 14.2 Å². The molecule has 3 aromatic rings. The minimum atomic E-state index is -0.245. The van der Waals surface area contributed by atoms with E-state index >= 15 is 0 Å². The second-order valence-electron chi connectivity index (χ2n) is 7.42. The Labute approximate surface area is 169 Å². The standard InChI is InChI=1S/C24H20N2O3/c1-2-6-16(7-3-1)24-26-20(18-8-4-5-9-21(18)29-24)15-19(25-26)17-10-11-22-23(14-17)28-13-12-27-22/h1-11,14,20,24H,12-13,15H2/t20-,24-/m1/s1. The van der Waals surface area contributed by atoms with Crippen LogP contribution in [0.3, 0.4) is 0 Å². The molecule has 0 amide bonds. The molecule has 0 saturated carbocycles. The van der Waals surface area contributed by atoms with Crippen molar-refractivity contribution in [1.29, 1.82) is 0 Å². The summed E-state index contributed by atoms with van der Waals surface area (Å²) in [5.74, 6) is 2.52. The van der Waals surface area contributed by atoms with Crippen LogP contribution in [-0.2, 0) is 0 Å². The molecule has 144 valence electrons. The quantitative estimate of drug-likeness (QED) is 0.642. The van der Waals surface area contributed by atoms with E-state index in [-0.39, 0.29) is 12.3 Å². The molecule has 5 nitrogen and oxygen atoms in total. The summed E-state index contributed by atoms with van der Waals surface area (Å²) in [4.78, 5) is 0. The van der Waals surface area contributed by atoms with E-state index in [1.54, 1.807) is 0 Å². The highest BCUT2D eigenvalue weighted by atomic mass is 16.6. The van der Waals surface area contributed by atoms with E-state index in [0.717, 1.165) is 40.5 Å². The largest absolute Gasteiger partial charge is 0.486 e. The number of para-hydroxylation sites is 1. The average molecular weight is 384 g/mol. The Balaban J connectivity index is 1.42. The maximum Gasteiger partial charge on any atom is 0.213 e. The predicted molar refractivity (Wildman–Crippen MR) is 109 cm³/mol. The molecule has 0 saturated heterocycles. The average Bonchev–Trinajstić information content (AvgIpc) is 3.25. The molecule has 6 rings (SSSR count). The lowest BCUT2D eigenvalue weighted by Crippen LogP contribution is -2.33. The Morgan fingerprint density at radius 3 is 2.48 bits per heavy atom. The van der Waals surface area contributed by atoms with Gasteiger partial charge in [-0.3, -0.25) is 0 Å². The summed E-state index contributed by atoms with van der Waals surface area (Å²) >= 11 is 0. The van der Waals surface area contributed by atoms with Crippen LogP contribution in [-0.4, -0.2) is 23.9 Å². The molecule has 0 unspecified atom stereocenters. The van der Waals surface area contributed by atoms with E-state index in [0.29, 0.717) is 13.2 Å². The predicted octanol–water partition coefficient (Wildman–Crippen LogP) is 4.70. The molecular weight excluding hydrogens is 364 g/mol. The monoisotopic (exact) mass is 384 g/mol. The lowest BCUT2D eigenvalue weighted by molar-refractivity contribution is -0.0190. The molecule has 2 atom stereocenters. The van der Waals surface area contributed by atoms with Crippen LogP contribution in [0.1, 0.15) is 35.4 Å². The maximum atomic E-state index is 6.38. The van der Waals surface area contributed by atoms with E-state index in [1.165, 1.54) is 5.56 Å². The van der Waals surface area contributed by atoms with Crippen molar-refractivity contribution < 1.29 is 14.2 Å². The molecule has 3 aromatic carbocycles. The van der Waals surface area contributed by atoms with Crippen molar-refractivity contribution in [1.82, 2.24) is 5.01 Å². The fourth-order valence-corrected chi connectivity index (χ4v) is 4.27. The van der Waals surface area contributed by atoms with Crippen molar-refractivity contribution >= 4 is 5.71 Å². The smallest absolute Gasteiger partial charge is 0.213 e. The van der Waals surface area contributed by atoms with Crippen molar-refractivity contribution in [3.05, 3.63) is 89.5 Å². The number of ether oxygens (including phenoxy) is 3. The number of hydrogen-bond acceptors (Lipinski definition) is 5. The summed E-state index contributed by atoms with van der Waals surface area (Å²) in [6.45, 7) is 1.17. The third-order valence-electron chi connectivity index (χ3n) is 5.66. The Morgan fingerprint density at radius 1 is 0.793 bits per heavy atom. The molecule has 0 aliphatic carbocycles. The van der Waals surface area contributed by atoms with Crippen LogP contribution in [0.2, 0.25) is 0 Å². The SMILES string of the molecule is c1ccc([C@H]2Oc3ccccc3[C@H]3CC(c4ccc5c(c4)OCCO5)=NN32)cc1. The van der Waals surface area contributed by atoms with Gasteiger partial charge in [-0.15, -0.1) is 0 Å². The lowest BCUT2D eigenvalue weighted by atomic mass is 9.96. The van der Waals surface area contributed by atoms with Gasteiger partial charge in [0.15, 0.2) is 11.5 Å². The molecular formula is C24H20N2O3. The molecule has 3 aliphatic rings. The number of benzene rings is 3. The van der Waals surface area contributed by atoms with E-state index in [9.17, 15) is 0 Å². The van der Waals surface area contributed by atoms with Gasteiger partial charge in [-0.25, -0.2) is 5.01 Å². The molecule has 0 bridgehead atoms. The van der Waals surface area contributed by atoms with Gasteiger partial charge in [-0.2, -0.15) is 5.10 Å². The van der Waals surface area contributed by atoms with Gasteiger partial charge in [-0.1, -0.05) is 48.5 Å². The number of rotatable bonds is 2. The first-order valence-corrected chi connectivity index (χ1v) is 9.93. The molecule has 3 aliphatic heterocycles. The second-order valence-corrected chi connectivity index (χ2v) is 7.42. The summed E-state index contributed by atoms with van der Waals surface area (Å²) in [6.07, 6.45) is 0.578. The molecule has 0 radical (unpaired) electrons. The van der Waals surface area contributed by atoms with Gasteiger partial charge in [0, 0.05) is 23.1 Å². The highest BCUT2D eigenvalue weighted by Crippen LogP contribution is 2.47. The molecule has 0 N–H and O–H groups in total. The van der Waals surface area contributed by atoms with Crippen molar-refractivity contribution in [3.63, 3.8) is 0 Å². The molecule has 5 heteroatoms. The summed E-state index contributed by atoms with van der Waals surface area (Å²) in [5.41, 5.74) is 4.37. The van der Waals surface area contributed by atoms with Gasteiger partial charge in [0.05, 0.1) is 11.8 Å². The Kier molecular flexibility index (Phi) is 3.72. The molecule has 0 aromatic heterocycles. The van der Waals surface area contributed by atoms with E-state index in [2.05, 4.69) is 35.3 Å². The van der Waals surface area contributed by atoms with Gasteiger partial charge in [0.25, 0.3) is 0 Å². The van der Waals surface area contributed by atoms with Crippen LogP contribution in [0.4, 0.5) is 0 Å². The van der Waals surface area contributed by atoms with E-state index in [4.69, 9.17) is 19.3 Å². The summed E-state index contributed by atoms with van der Waals surface area (Å²) in [7, 11) is 0. The minimum absolute atomic E-state index is 0.147. The molecule has 0 fully saturated rings. The van der Waals surface area contributed by atoms with Crippen molar-refractivity contribution in [3.8, 4) is 17.2 Å². The first-order chi connectivity index (χ1) is 14.4. The molecule has 0 spiro atoms. The number of hydrogen-bond donors (Lipinski definition) is 0. The van der Waals surface area contributed by atoms with Gasteiger partial charge >= 0.3 is 0 Å². The number of hydrazone groups is 1. The van der Waals surface area contributed by atoms with E-state index in [1.807, 2.05) is 42.5 Å². The normalized spacial score (nSPS) is 21.7. The summed E-state index contributed by atoms with van der Waals surface area (Å²) in [5, 5.41) is 7.12. The van der Waals surface area contributed by atoms with Crippen LogP contribution in [0.5, 0.6) is 17.2 Å². The third kappa shape index (κ3) is 2.73. The number of fused-ring (bicyclic) bond motifs is 4. The fraction of sp³-hybridized carbons (Fsp3) is 0.208. The van der Waals surface area contributed by atoms with Crippen LogP contribution < -0.4 is 14.2 Å². The highest BCUT2D eigenvalue weighted by molar-refractivity contribution is 6.02. The maximum absolute atomic E-state index is 6.38. The van der Waals surface area contributed by atoms with Gasteiger partial charge in [0.1, 0.15) is 19.0 Å². The first kappa shape index (κ1) is 16.5. The van der Waals surface area contributed by atoms with Crippen molar-refractivity contribution in [2.75, 3.05) is 13.2 Å². The first-order valence-electron chi connectivity index (χ1n) is 9.93. The van der Waals surface area contributed by atoms with Crippen molar-refractivity contribution in [2.45, 2.75) is 18.7 Å². The lowest BCUT2D eigenvalue weighted by Gasteiger charge is -2.38. The molecule has 29 heavy (non-hydrogen) atoms. The third-order valence-corrected chi connectivity index (χ3v) is 5.66. The van der Waals surface area contributed by atoms with Crippen LogP contribution >= 0.6 is 0 Å². The van der Waals surface area contributed by atoms with E-state index < -0.39 is 0 Å². The second kappa shape index (κ2) is 6.55. The van der Waals surface area contributed by atoms with Crippen LogP contribution in [0.15, 0.2) is 77.9 Å². The number of nitrogens with zero attached hydrogens (tertiary/aromatic N) is 2. The topological polar surface area (TPSA) is 43.3 Å². The fourth-order valence-electron chi connectivity index (χ4n) is 4.27. The van der Waals surface area contributed by atoms with Gasteiger partial charge in [-0.05, 0) is 24.3 Å². The van der Waals surface area contributed by atoms with Crippen LogP contribution in [0.25, 0.3) is 0 Å². The summed E-state index contributed by atoms with van der Waals surface area (Å²) in [6, 6.07) is 24.8. The Bertz CT molecular complexity index is 1100. The summed E-state index contributed by atoms with van der Waals surface area (Å²) < 4.78 is 17.8. The Hall–Kier alpha value is -3.47. The minimum Gasteiger partial charge on any atom is -0.486 e. The Morgan fingerprint density at radius 2 is 1.59 bits per heavy atom.